The molecule has 0 saturated carbocycles. The van der Waals surface area contributed by atoms with Gasteiger partial charge < -0.3 is 9.42 Å². The van der Waals surface area contributed by atoms with Crippen molar-refractivity contribution >= 4 is 33.2 Å². The van der Waals surface area contributed by atoms with Crippen molar-refractivity contribution in [3.05, 3.63) is 58.4 Å². The van der Waals surface area contributed by atoms with Crippen LogP contribution in [0.25, 0.3) is 11.4 Å². The van der Waals surface area contributed by atoms with Gasteiger partial charge in [-0.15, -0.1) is 0 Å². The molecule has 2 aromatic carbocycles. The van der Waals surface area contributed by atoms with E-state index < -0.39 is 10.0 Å². The van der Waals surface area contributed by atoms with Gasteiger partial charge in [-0.25, -0.2) is 8.42 Å². The average molecular weight is 475 g/mol. The Hall–Kier alpha value is -2.91. The molecule has 4 rings (SSSR count). The van der Waals surface area contributed by atoms with E-state index >= 15 is 0 Å². The molecule has 32 heavy (non-hydrogen) atoms. The van der Waals surface area contributed by atoms with Crippen molar-refractivity contribution in [2.75, 3.05) is 17.8 Å². The smallest absolute Gasteiger partial charge is 0.316 e. The fourth-order valence-electron chi connectivity index (χ4n) is 3.59. The number of anilines is 1. The lowest BCUT2D eigenvalue weighted by atomic mass is 10.1. The number of nitrogens with one attached hydrogen (secondary N) is 1. The predicted octanol–water partition coefficient (Wildman–Crippen LogP) is 4.43. The number of amides is 1. The van der Waals surface area contributed by atoms with Gasteiger partial charge in [-0.3, -0.25) is 9.52 Å². The molecule has 0 radical (unpaired) electrons. The number of piperidine rings is 1. The van der Waals surface area contributed by atoms with Crippen LogP contribution in [0.3, 0.4) is 0 Å². The molecule has 0 aliphatic carbocycles. The van der Waals surface area contributed by atoms with E-state index in [9.17, 15) is 13.2 Å². The molecule has 1 aromatic heterocycles. The Morgan fingerprint density at radius 2 is 1.78 bits per heavy atom. The summed E-state index contributed by atoms with van der Waals surface area (Å²) in [5.74, 6) is -0.248. The Balaban J connectivity index is 1.62. The quantitative estimate of drug-likeness (QED) is 0.586. The third kappa shape index (κ3) is 4.63. The van der Waals surface area contributed by atoms with Crippen molar-refractivity contribution in [2.45, 2.75) is 38.0 Å². The first-order valence-electron chi connectivity index (χ1n) is 10.3. The number of hydrogen-bond acceptors (Lipinski definition) is 6. The highest BCUT2D eigenvalue weighted by Crippen LogP contribution is 2.28. The number of likely N-dealkylation sites (tertiary alicyclic amines) is 1. The lowest BCUT2D eigenvalue weighted by molar-refractivity contribution is 0.0674. The zero-order valence-corrected chi connectivity index (χ0v) is 19.3. The summed E-state index contributed by atoms with van der Waals surface area (Å²) in [5.41, 5.74) is 2.12. The van der Waals surface area contributed by atoms with Crippen LogP contribution < -0.4 is 4.72 Å². The van der Waals surface area contributed by atoms with Crippen LogP contribution in [0.2, 0.25) is 5.02 Å². The minimum absolute atomic E-state index is 0.0723. The molecule has 1 aliphatic rings. The van der Waals surface area contributed by atoms with Crippen LogP contribution in [0.1, 0.15) is 41.1 Å². The van der Waals surface area contributed by atoms with E-state index in [4.69, 9.17) is 16.1 Å². The standard InChI is InChI=1S/C22H23ClN4O4S/c1-14-7-9-17(23)13-18(14)26-32(29,30)19-12-16(8-6-15(19)2)20-24-21(31-25-20)22(28)27-10-4-3-5-11-27/h6-9,12-13,26H,3-5,10-11H2,1-2H3. The molecule has 0 unspecified atom stereocenters. The lowest BCUT2D eigenvalue weighted by Gasteiger charge is -2.24. The second-order valence-electron chi connectivity index (χ2n) is 7.82. The largest absolute Gasteiger partial charge is 0.334 e. The third-order valence-electron chi connectivity index (χ3n) is 5.43. The van der Waals surface area contributed by atoms with E-state index in [1.165, 1.54) is 6.07 Å². The summed E-state index contributed by atoms with van der Waals surface area (Å²) in [6, 6.07) is 9.82. The van der Waals surface area contributed by atoms with Crippen molar-refractivity contribution in [1.82, 2.24) is 15.0 Å². The van der Waals surface area contributed by atoms with Crippen LogP contribution in [0.4, 0.5) is 5.69 Å². The predicted molar refractivity (Wildman–Crippen MR) is 121 cm³/mol. The second kappa shape index (κ2) is 8.91. The van der Waals surface area contributed by atoms with Crippen molar-refractivity contribution in [3.63, 3.8) is 0 Å². The van der Waals surface area contributed by atoms with E-state index in [0.29, 0.717) is 34.9 Å². The highest BCUT2D eigenvalue weighted by molar-refractivity contribution is 7.92. The Morgan fingerprint density at radius 1 is 1.06 bits per heavy atom. The van der Waals surface area contributed by atoms with E-state index in [1.54, 1.807) is 49.1 Å². The van der Waals surface area contributed by atoms with Gasteiger partial charge in [0, 0.05) is 23.7 Å². The molecule has 0 bridgehead atoms. The number of carbonyl (C=O) groups excluding carboxylic acids is 1. The molecule has 1 fully saturated rings. The van der Waals surface area contributed by atoms with E-state index in [2.05, 4.69) is 14.9 Å². The summed E-state index contributed by atoms with van der Waals surface area (Å²) in [5, 5.41) is 4.33. The second-order valence-corrected chi connectivity index (χ2v) is 9.91. The zero-order valence-electron chi connectivity index (χ0n) is 17.8. The van der Waals surface area contributed by atoms with Gasteiger partial charge in [-0.1, -0.05) is 35.0 Å². The molecule has 1 amide bonds. The van der Waals surface area contributed by atoms with Gasteiger partial charge in [0.25, 0.3) is 10.0 Å². The van der Waals surface area contributed by atoms with Crippen LogP contribution in [0.15, 0.2) is 45.8 Å². The van der Waals surface area contributed by atoms with Gasteiger partial charge in [0.1, 0.15) is 0 Å². The first-order valence-corrected chi connectivity index (χ1v) is 12.1. The maximum atomic E-state index is 13.1. The molecule has 2 heterocycles. The normalized spacial score (nSPS) is 14.4. The Kier molecular flexibility index (Phi) is 6.21. The van der Waals surface area contributed by atoms with Crippen LogP contribution in [0.5, 0.6) is 0 Å². The molecule has 1 aliphatic heterocycles. The minimum atomic E-state index is -3.91. The Bertz CT molecular complexity index is 1270. The van der Waals surface area contributed by atoms with E-state index in [0.717, 1.165) is 24.8 Å². The van der Waals surface area contributed by atoms with Crippen molar-refractivity contribution in [1.29, 1.82) is 0 Å². The number of nitrogens with zero attached hydrogens (tertiary/aromatic N) is 3. The Labute approximate surface area is 191 Å². The molecule has 0 atom stereocenters. The zero-order chi connectivity index (χ0) is 22.9. The fourth-order valence-corrected chi connectivity index (χ4v) is 5.16. The Morgan fingerprint density at radius 3 is 2.53 bits per heavy atom. The molecule has 1 N–H and O–H groups in total. The number of sulfonamides is 1. The summed E-state index contributed by atoms with van der Waals surface area (Å²) in [6.45, 7) is 4.82. The monoisotopic (exact) mass is 474 g/mol. The topological polar surface area (TPSA) is 105 Å². The van der Waals surface area contributed by atoms with E-state index in [1.807, 2.05) is 0 Å². The summed E-state index contributed by atoms with van der Waals surface area (Å²) >= 11 is 6.02. The maximum absolute atomic E-state index is 13.1. The fraction of sp³-hybridized carbons (Fsp3) is 0.318. The van der Waals surface area contributed by atoms with Gasteiger partial charge in [0.05, 0.1) is 10.6 Å². The number of rotatable bonds is 5. The van der Waals surface area contributed by atoms with Crippen LogP contribution >= 0.6 is 11.6 Å². The average Bonchev–Trinajstić information content (AvgIpc) is 3.26. The molecule has 168 valence electrons. The third-order valence-corrected chi connectivity index (χ3v) is 7.17. The molecule has 1 saturated heterocycles. The van der Waals surface area contributed by atoms with Gasteiger partial charge in [0.2, 0.25) is 5.82 Å². The van der Waals surface area contributed by atoms with Crippen LogP contribution in [0, 0.1) is 13.8 Å². The number of aryl methyl sites for hydroxylation is 2. The summed E-state index contributed by atoms with van der Waals surface area (Å²) < 4.78 is 34.0. The van der Waals surface area contributed by atoms with Crippen molar-refractivity contribution in [3.8, 4) is 11.4 Å². The number of halogens is 1. The molecule has 8 nitrogen and oxygen atoms in total. The molecule has 0 spiro atoms. The first-order chi connectivity index (χ1) is 15.2. The maximum Gasteiger partial charge on any atom is 0.316 e. The molecular weight excluding hydrogens is 452 g/mol. The number of benzene rings is 2. The van der Waals surface area contributed by atoms with Crippen molar-refractivity contribution < 1.29 is 17.7 Å². The molecule has 10 heteroatoms. The number of carbonyl (C=O) groups is 1. The SMILES string of the molecule is Cc1ccc(Cl)cc1NS(=O)(=O)c1cc(-c2noc(C(=O)N3CCCCC3)n2)ccc1C. The van der Waals surface area contributed by atoms with Gasteiger partial charge in [0.15, 0.2) is 0 Å². The van der Waals surface area contributed by atoms with Crippen molar-refractivity contribution in [2.24, 2.45) is 0 Å². The van der Waals surface area contributed by atoms with E-state index in [-0.39, 0.29) is 22.5 Å². The summed E-state index contributed by atoms with van der Waals surface area (Å²) in [4.78, 5) is 18.6. The van der Waals surface area contributed by atoms with Gasteiger partial charge in [-0.05, 0) is 62.4 Å². The van der Waals surface area contributed by atoms with Crippen LogP contribution in [-0.2, 0) is 10.0 Å². The van der Waals surface area contributed by atoms with Gasteiger partial charge in [-0.2, -0.15) is 4.98 Å². The molecule has 3 aromatic rings. The number of aromatic nitrogens is 2. The lowest BCUT2D eigenvalue weighted by Crippen LogP contribution is -2.35. The summed E-state index contributed by atoms with van der Waals surface area (Å²) in [7, 11) is -3.91. The minimum Gasteiger partial charge on any atom is -0.334 e. The highest BCUT2D eigenvalue weighted by atomic mass is 35.5. The number of hydrogen-bond donors (Lipinski definition) is 1. The van der Waals surface area contributed by atoms with Crippen LogP contribution in [-0.4, -0.2) is 42.5 Å². The summed E-state index contributed by atoms with van der Waals surface area (Å²) in [6.07, 6.45) is 3.00. The van der Waals surface area contributed by atoms with Gasteiger partial charge >= 0.3 is 11.8 Å². The first kappa shape index (κ1) is 22.3. The molecular formula is C22H23ClN4O4S. The highest BCUT2D eigenvalue weighted by Gasteiger charge is 2.25.